The van der Waals surface area contributed by atoms with Crippen molar-refractivity contribution in [2.45, 2.75) is 42.9 Å². The minimum absolute atomic E-state index is 0.0109. The molecule has 0 unspecified atom stereocenters. The number of halogens is 3. The predicted octanol–water partition coefficient (Wildman–Crippen LogP) is 3.06. The smallest absolute Gasteiger partial charge is 0.417 e. The lowest BCUT2D eigenvalue weighted by Gasteiger charge is -2.63. The van der Waals surface area contributed by atoms with Gasteiger partial charge in [0.25, 0.3) is 0 Å². The van der Waals surface area contributed by atoms with E-state index < -0.39 is 22.6 Å². The zero-order valence-corrected chi connectivity index (χ0v) is 15.6. The number of hydrogen-bond acceptors (Lipinski definition) is 4. The second kappa shape index (κ2) is 5.55. The lowest BCUT2D eigenvalue weighted by atomic mass is 9.54. The Morgan fingerprint density at radius 2 is 1.75 bits per heavy atom. The van der Waals surface area contributed by atoms with Crippen molar-refractivity contribution >= 4 is 5.91 Å². The number of rotatable bonds is 3. The van der Waals surface area contributed by atoms with Crippen LogP contribution in [-0.4, -0.2) is 56.0 Å². The van der Waals surface area contributed by atoms with Crippen molar-refractivity contribution in [1.82, 2.24) is 4.90 Å². The van der Waals surface area contributed by atoms with Crippen LogP contribution in [0.4, 0.5) is 13.2 Å². The van der Waals surface area contributed by atoms with Crippen LogP contribution in [0.1, 0.15) is 31.2 Å². The van der Waals surface area contributed by atoms with E-state index in [1.807, 2.05) is 18.2 Å². The number of fused-ring (bicyclic) bond motifs is 1. The molecule has 0 bridgehead atoms. The van der Waals surface area contributed by atoms with Crippen molar-refractivity contribution in [3.05, 3.63) is 23.8 Å². The Bertz CT molecular complexity index is 819. The fraction of sp³-hybridized carbons (Fsp3) is 0.650. The molecule has 0 N–H and O–H groups in total. The number of alkyl halides is 3. The van der Waals surface area contributed by atoms with E-state index in [-0.39, 0.29) is 18.7 Å². The third-order valence-corrected chi connectivity index (χ3v) is 6.82. The van der Waals surface area contributed by atoms with Gasteiger partial charge in [-0.25, -0.2) is 0 Å². The van der Waals surface area contributed by atoms with Gasteiger partial charge >= 0.3 is 6.18 Å². The summed E-state index contributed by atoms with van der Waals surface area (Å²) in [4.78, 5) is 14.8. The molecule has 0 atom stereocenters. The Kier molecular flexibility index (Phi) is 3.59. The van der Waals surface area contributed by atoms with Crippen molar-refractivity contribution in [2.75, 3.05) is 33.4 Å². The average molecular weight is 397 g/mol. The lowest BCUT2D eigenvalue weighted by Crippen LogP contribution is -2.73. The van der Waals surface area contributed by atoms with Gasteiger partial charge in [-0.15, -0.1) is 0 Å². The van der Waals surface area contributed by atoms with Gasteiger partial charge in [0.1, 0.15) is 13.2 Å². The number of carbonyl (C=O) groups is 1. The van der Waals surface area contributed by atoms with Crippen molar-refractivity contribution in [1.29, 1.82) is 0 Å². The van der Waals surface area contributed by atoms with E-state index in [2.05, 4.69) is 0 Å². The molecule has 0 radical (unpaired) electrons. The number of benzene rings is 1. The van der Waals surface area contributed by atoms with Crippen LogP contribution in [-0.2, 0) is 14.9 Å². The van der Waals surface area contributed by atoms with Gasteiger partial charge in [-0.05, 0) is 43.4 Å². The molecule has 1 amide bonds. The molecular weight excluding hydrogens is 375 g/mol. The minimum Gasteiger partial charge on any atom is -0.486 e. The molecule has 1 aromatic carbocycles. The number of likely N-dealkylation sites (tertiary alicyclic amines) is 1. The van der Waals surface area contributed by atoms with Gasteiger partial charge in [0.15, 0.2) is 17.1 Å². The molecule has 152 valence electrons. The van der Waals surface area contributed by atoms with E-state index in [1.54, 1.807) is 4.90 Å². The second-order valence-corrected chi connectivity index (χ2v) is 8.65. The third-order valence-electron chi connectivity index (χ3n) is 6.82. The zero-order valence-electron chi connectivity index (χ0n) is 15.6. The lowest BCUT2D eigenvalue weighted by molar-refractivity contribution is -0.338. The van der Waals surface area contributed by atoms with Crippen LogP contribution in [0.3, 0.4) is 0 Å². The highest BCUT2D eigenvalue weighted by Gasteiger charge is 2.72. The van der Waals surface area contributed by atoms with Gasteiger partial charge in [-0.2, -0.15) is 13.2 Å². The van der Waals surface area contributed by atoms with Crippen molar-refractivity contribution in [3.8, 4) is 11.5 Å². The SMILES string of the molecule is COC1(C(F)(F)F)CC2(CN(C(=O)C3(c4ccc5c(c4)OCCO5)CC3)C2)C1. The molecule has 1 aromatic rings. The maximum atomic E-state index is 13.2. The van der Waals surface area contributed by atoms with E-state index in [4.69, 9.17) is 14.2 Å². The first kappa shape index (κ1) is 18.1. The highest BCUT2D eigenvalue weighted by molar-refractivity contribution is 5.92. The van der Waals surface area contributed by atoms with E-state index in [0.29, 0.717) is 37.8 Å². The summed E-state index contributed by atoms with van der Waals surface area (Å²) in [6.45, 7) is 1.73. The van der Waals surface area contributed by atoms with Gasteiger partial charge in [-0.3, -0.25) is 4.79 Å². The molecule has 8 heteroatoms. The summed E-state index contributed by atoms with van der Waals surface area (Å²) in [7, 11) is 1.11. The molecule has 2 heterocycles. The Balaban J connectivity index is 1.28. The van der Waals surface area contributed by atoms with E-state index in [1.165, 1.54) is 0 Å². The zero-order chi connectivity index (χ0) is 19.8. The Labute approximate surface area is 160 Å². The summed E-state index contributed by atoms with van der Waals surface area (Å²) in [5, 5.41) is 0. The molecule has 5 nitrogen and oxygen atoms in total. The van der Waals surface area contributed by atoms with Gasteiger partial charge in [0.2, 0.25) is 5.91 Å². The molecule has 3 fully saturated rings. The first-order valence-corrected chi connectivity index (χ1v) is 9.54. The van der Waals surface area contributed by atoms with Gasteiger partial charge < -0.3 is 19.1 Å². The molecule has 1 spiro atoms. The normalized spacial score (nSPS) is 25.6. The quantitative estimate of drug-likeness (QED) is 0.787. The van der Waals surface area contributed by atoms with Crippen LogP contribution >= 0.6 is 0 Å². The van der Waals surface area contributed by atoms with Gasteiger partial charge in [0, 0.05) is 25.6 Å². The number of ether oxygens (including phenoxy) is 3. The van der Waals surface area contributed by atoms with E-state index in [9.17, 15) is 18.0 Å². The van der Waals surface area contributed by atoms with Crippen molar-refractivity contribution < 1.29 is 32.2 Å². The predicted molar refractivity (Wildman–Crippen MR) is 92.4 cm³/mol. The molecule has 2 aliphatic carbocycles. The Hall–Kier alpha value is -1.96. The van der Waals surface area contributed by atoms with Crippen molar-refractivity contribution in [3.63, 3.8) is 0 Å². The fourth-order valence-electron chi connectivity index (χ4n) is 5.15. The highest BCUT2D eigenvalue weighted by atomic mass is 19.4. The molecule has 1 saturated heterocycles. The van der Waals surface area contributed by atoms with Crippen LogP contribution in [0.2, 0.25) is 0 Å². The maximum Gasteiger partial charge on any atom is 0.417 e. The first-order chi connectivity index (χ1) is 13.2. The third kappa shape index (κ3) is 2.39. The number of amides is 1. The van der Waals surface area contributed by atoms with Gasteiger partial charge in [0.05, 0.1) is 5.41 Å². The van der Waals surface area contributed by atoms with Crippen molar-refractivity contribution in [2.24, 2.45) is 5.41 Å². The molecule has 5 rings (SSSR count). The van der Waals surface area contributed by atoms with Crippen LogP contribution in [0.15, 0.2) is 18.2 Å². The number of methoxy groups -OCH3 is 1. The fourth-order valence-corrected chi connectivity index (χ4v) is 5.15. The summed E-state index contributed by atoms with van der Waals surface area (Å²) in [5.74, 6) is 1.34. The highest BCUT2D eigenvalue weighted by Crippen LogP contribution is 2.62. The molecule has 0 aromatic heterocycles. The Morgan fingerprint density at radius 1 is 1.11 bits per heavy atom. The molecule has 2 aliphatic heterocycles. The van der Waals surface area contributed by atoms with E-state index in [0.717, 1.165) is 25.5 Å². The van der Waals surface area contributed by atoms with Crippen LogP contribution in [0, 0.1) is 5.41 Å². The molecule has 28 heavy (non-hydrogen) atoms. The van der Waals surface area contributed by atoms with Crippen LogP contribution < -0.4 is 9.47 Å². The summed E-state index contributed by atoms with van der Waals surface area (Å²) in [5.41, 5.74) is -2.17. The van der Waals surface area contributed by atoms with Crippen LogP contribution in [0.25, 0.3) is 0 Å². The summed E-state index contributed by atoms with van der Waals surface area (Å²) >= 11 is 0. The number of carbonyl (C=O) groups excluding carboxylic acids is 1. The summed E-state index contributed by atoms with van der Waals surface area (Å²) in [6, 6.07) is 5.60. The Morgan fingerprint density at radius 3 is 2.32 bits per heavy atom. The minimum atomic E-state index is -4.37. The second-order valence-electron chi connectivity index (χ2n) is 8.65. The van der Waals surface area contributed by atoms with E-state index >= 15 is 0 Å². The standard InChI is InChI=1S/C20H22F3NO4/c1-26-19(20(21,22)23)9-17(10-19)11-24(12-17)16(25)18(4-5-18)13-2-3-14-15(8-13)28-7-6-27-14/h2-3,8H,4-7,9-12H2,1H3. The average Bonchev–Trinajstić information content (AvgIpc) is 3.40. The number of hydrogen-bond donors (Lipinski definition) is 0. The first-order valence-electron chi connectivity index (χ1n) is 9.54. The summed E-state index contributed by atoms with van der Waals surface area (Å²) in [6.07, 6.45) is -3.01. The molecular formula is C20H22F3NO4. The van der Waals surface area contributed by atoms with Crippen LogP contribution in [0.5, 0.6) is 11.5 Å². The van der Waals surface area contributed by atoms with Gasteiger partial charge in [-0.1, -0.05) is 6.07 Å². The molecule has 4 aliphatic rings. The largest absolute Gasteiger partial charge is 0.486 e. The topological polar surface area (TPSA) is 48.0 Å². The maximum absolute atomic E-state index is 13.2. The molecule has 2 saturated carbocycles. The monoisotopic (exact) mass is 397 g/mol. The number of nitrogens with zero attached hydrogens (tertiary/aromatic N) is 1. The summed E-state index contributed by atoms with van der Waals surface area (Å²) < 4.78 is 55.7.